The summed E-state index contributed by atoms with van der Waals surface area (Å²) in [6, 6.07) is 7.88. The number of nitrogens with two attached hydrogens (primary N) is 1. The van der Waals surface area contributed by atoms with E-state index in [4.69, 9.17) is 5.73 Å². The molecule has 0 amide bonds. The zero-order valence-electron chi connectivity index (χ0n) is 9.51. The van der Waals surface area contributed by atoms with E-state index in [1.165, 1.54) is 5.56 Å². The van der Waals surface area contributed by atoms with Gasteiger partial charge in [0, 0.05) is 6.20 Å². The molecule has 0 radical (unpaired) electrons. The first-order valence-corrected chi connectivity index (χ1v) is 5.28. The molecule has 1 heterocycles. The van der Waals surface area contributed by atoms with Crippen LogP contribution in [0.25, 0.3) is 0 Å². The Kier molecular flexibility index (Phi) is 2.97. The molecule has 2 N–H and O–H groups in total. The normalized spacial score (nSPS) is 12.4. The van der Waals surface area contributed by atoms with Crippen LogP contribution in [0.3, 0.4) is 0 Å². The number of benzene rings is 1. The number of hydrogen-bond acceptors (Lipinski definition) is 3. The van der Waals surface area contributed by atoms with Gasteiger partial charge in [-0.15, -0.1) is 0 Å². The summed E-state index contributed by atoms with van der Waals surface area (Å²) in [5.74, 6) is 0. The third-order valence-electron chi connectivity index (χ3n) is 2.64. The van der Waals surface area contributed by atoms with E-state index in [2.05, 4.69) is 23.0 Å². The quantitative estimate of drug-likeness (QED) is 0.831. The monoisotopic (exact) mass is 213 g/mol. The summed E-state index contributed by atoms with van der Waals surface area (Å²) in [5, 5.41) is 0. The van der Waals surface area contributed by atoms with E-state index < -0.39 is 0 Å². The molecule has 0 aliphatic carbocycles. The van der Waals surface area contributed by atoms with Crippen molar-refractivity contribution in [3.05, 3.63) is 59.2 Å². The van der Waals surface area contributed by atoms with E-state index in [1.54, 1.807) is 12.4 Å². The molecular formula is C13H15N3. The van der Waals surface area contributed by atoms with Crippen molar-refractivity contribution < 1.29 is 0 Å². The summed E-state index contributed by atoms with van der Waals surface area (Å²) >= 11 is 0. The average molecular weight is 213 g/mol. The lowest BCUT2D eigenvalue weighted by Gasteiger charge is -2.13. The number of rotatable bonds is 2. The fraction of sp³-hybridized carbons (Fsp3) is 0.231. The molecule has 0 saturated heterocycles. The molecule has 2 aromatic rings. The maximum Gasteiger partial charge on any atom is 0.0799 e. The van der Waals surface area contributed by atoms with Gasteiger partial charge in [0.05, 0.1) is 23.6 Å². The van der Waals surface area contributed by atoms with Gasteiger partial charge in [-0.2, -0.15) is 0 Å². The second-order valence-corrected chi connectivity index (χ2v) is 3.92. The zero-order chi connectivity index (χ0) is 11.5. The van der Waals surface area contributed by atoms with Crippen molar-refractivity contribution in [2.75, 3.05) is 0 Å². The Bertz CT molecular complexity index is 477. The first kappa shape index (κ1) is 10.8. The van der Waals surface area contributed by atoms with Crippen LogP contribution in [-0.2, 0) is 0 Å². The van der Waals surface area contributed by atoms with Gasteiger partial charge < -0.3 is 5.73 Å². The second kappa shape index (κ2) is 4.41. The Morgan fingerprint density at radius 1 is 1.06 bits per heavy atom. The van der Waals surface area contributed by atoms with Gasteiger partial charge in [0.25, 0.3) is 0 Å². The lowest BCUT2D eigenvalue weighted by molar-refractivity contribution is 0.806. The number of nitrogens with zero attached hydrogens (tertiary/aromatic N) is 2. The van der Waals surface area contributed by atoms with Crippen molar-refractivity contribution in [2.24, 2.45) is 5.73 Å². The van der Waals surface area contributed by atoms with Gasteiger partial charge >= 0.3 is 0 Å². The lowest BCUT2D eigenvalue weighted by atomic mass is 10.00. The molecule has 1 aromatic heterocycles. The number of aryl methyl sites for hydroxylation is 2. The van der Waals surface area contributed by atoms with Crippen LogP contribution >= 0.6 is 0 Å². The molecule has 3 heteroatoms. The molecule has 16 heavy (non-hydrogen) atoms. The highest BCUT2D eigenvalue weighted by Gasteiger charge is 2.12. The zero-order valence-corrected chi connectivity index (χ0v) is 9.51. The van der Waals surface area contributed by atoms with Crippen LogP contribution < -0.4 is 5.73 Å². The first-order valence-electron chi connectivity index (χ1n) is 5.28. The third-order valence-corrected chi connectivity index (χ3v) is 2.64. The molecule has 1 atom stereocenters. The van der Waals surface area contributed by atoms with Gasteiger partial charge in [0.1, 0.15) is 0 Å². The Morgan fingerprint density at radius 3 is 2.44 bits per heavy atom. The van der Waals surface area contributed by atoms with Crippen LogP contribution in [-0.4, -0.2) is 9.97 Å². The number of aromatic nitrogens is 2. The molecule has 0 aliphatic heterocycles. The topological polar surface area (TPSA) is 51.8 Å². The van der Waals surface area contributed by atoms with E-state index in [9.17, 15) is 0 Å². The molecule has 2 rings (SSSR count). The van der Waals surface area contributed by atoms with Gasteiger partial charge in [-0.05, 0) is 25.0 Å². The summed E-state index contributed by atoms with van der Waals surface area (Å²) in [4.78, 5) is 8.52. The molecule has 0 saturated carbocycles. The molecular weight excluding hydrogens is 198 g/mol. The van der Waals surface area contributed by atoms with Gasteiger partial charge in [-0.1, -0.05) is 24.3 Å². The molecule has 0 fully saturated rings. The number of hydrogen-bond donors (Lipinski definition) is 1. The van der Waals surface area contributed by atoms with Gasteiger partial charge in [0.2, 0.25) is 0 Å². The molecule has 1 aromatic carbocycles. The van der Waals surface area contributed by atoms with E-state index in [0.29, 0.717) is 0 Å². The Labute approximate surface area is 95.4 Å². The molecule has 0 bridgehead atoms. The van der Waals surface area contributed by atoms with Crippen molar-refractivity contribution in [1.29, 1.82) is 0 Å². The molecule has 1 unspecified atom stereocenters. The summed E-state index contributed by atoms with van der Waals surface area (Å²) in [5.41, 5.74) is 10.1. The van der Waals surface area contributed by atoms with E-state index in [0.717, 1.165) is 17.0 Å². The highest BCUT2D eigenvalue weighted by molar-refractivity contribution is 5.33. The van der Waals surface area contributed by atoms with Crippen molar-refractivity contribution >= 4 is 0 Å². The van der Waals surface area contributed by atoms with Crippen molar-refractivity contribution in [3.63, 3.8) is 0 Å². The fourth-order valence-corrected chi connectivity index (χ4v) is 1.66. The minimum atomic E-state index is -0.200. The van der Waals surface area contributed by atoms with E-state index in [1.807, 2.05) is 25.1 Å². The van der Waals surface area contributed by atoms with Crippen LogP contribution in [0, 0.1) is 13.8 Å². The predicted octanol–water partition coefficient (Wildman–Crippen LogP) is 2.14. The lowest BCUT2D eigenvalue weighted by Crippen LogP contribution is -2.15. The molecule has 3 nitrogen and oxygen atoms in total. The third kappa shape index (κ3) is 2.09. The average Bonchev–Trinajstić information content (AvgIpc) is 2.30. The summed E-state index contributed by atoms with van der Waals surface area (Å²) in [7, 11) is 0. The maximum atomic E-state index is 6.16. The summed E-state index contributed by atoms with van der Waals surface area (Å²) in [6.07, 6.45) is 3.49. The highest BCUT2D eigenvalue weighted by Crippen LogP contribution is 2.20. The molecule has 82 valence electrons. The standard InChI is InChI=1S/C13H15N3/c1-9-5-3-4-6-11(9)13(14)12-8-15-10(2)7-16-12/h3-8,13H,14H2,1-2H3. The Morgan fingerprint density at radius 2 is 1.81 bits per heavy atom. The van der Waals surface area contributed by atoms with Crippen LogP contribution in [0.15, 0.2) is 36.7 Å². The Balaban J connectivity index is 2.35. The van der Waals surface area contributed by atoms with Crippen molar-refractivity contribution in [1.82, 2.24) is 9.97 Å². The molecule has 0 spiro atoms. The smallest absolute Gasteiger partial charge is 0.0799 e. The van der Waals surface area contributed by atoms with Crippen LogP contribution in [0.4, 0.5) is 0 Å². The van der Waals surface area contributed by atoms with Crippen molar-refractivity contribution in [2.45, 2.75) is 19.9 Å². The fourth-order valence-electron chi connectivity index (χ4n) is 1.66. The van der Waals surface area contributed by atoms with Crippen LogP contribution in [0.5, 0.6) is 0 Å². The minimum Gasteiger partial charge on any atom is -0.319 e. The second-order valence-electron chi connectivity index (χ2n) is 3.92. The van der Waals surface area contributed by atoms with Gasteiger partial charge in [-0.25, -0.2) is 0 Å². The minimum absolute atomic E-state index is 0.200. The van der Waals surface area contributed by atoms with E-state index in [-0.39, 0.29) is 6.04 Å². The predicted molar refractivity (Wildman–Crippen MR) is 64.0 cm³/mol. The highest BCUT2D eigenvalue weighted by atomic mass is 14.8. The van der Waals surface area contributed by atoms with E-state index >= 15 is 0 Å². The SMILES string of the molecule is Cc1cnc(C(N)c2ccccc2C)cn1. The maximum absolute atomic E-state index is 6.16. The van der Waals surface area contributed by atoms with Crippen LogP contribution in [0.2, 0.25) is 0 Å². The van der Waals surface area contributed by atoms with Gasteiger partial charge in [0.15, 0.2) is 0 Å². The molecule has 0 aliphatic rings. The van der Waals surface area contributed by atoms with Crippen molar-refractivity contribution in [3.8, 4) is 0 Å². The summed E-state index contributed by atoms with van der Waals surface area (Å²) in [6.45, 7) is 3.97. The van der Waals surface area contributed by atoms with Crippen LogP contribution in [0.1, 0.15) is 28.6 Å². The largest absolute Gasteiger partial charge is 0.319 e. The summed E-state index contributed by atoms with van der Waals surface area (Å²) < 4.78 is 0. The Hall–Kier alpha value is -1.74. The first-order chi connectivity index (χ1) is 7.68. The van der Waals surface area contributed by atoms with Gasteiger partial charge in [-0.3, -0.25) is 9.97 Å².